The van der Waals surface area contributed by atoms with Gasteiger partial charge in [0.1, 0.15) is 0 Å². The van der Waals surface area contributed by atoms with Crippen LogP contribution in [0.2, 0.25) is 0 Å². The summed E-state index contributed by atoms with van der Waals surface area (Å²) in [7, 11) is 0. The van der Waals surface area contributed by atoms with Crippen molar-refractivity contribution < 1.29 is 33.8 Å². The van der Waals surface area contributed by atoms with Crippen molar-refractivity contribution in [3.63, 3.8) is 0 Å². The number of hydrogen-bond acceptors (Lipinski definition) is 6. The summed E-state index contributed by atoms with van der Waals surface area (Å²) in [5.41, 5.74) is 1.12. The Bertz CT molecular complexity index is 1440. The lowest BCUT2D eigenvalue weighted by molar-refractivity contribution is -0.138. The Labute approximate surface area is 243 Å². The van der Waals surface area contributed by atoms with Crippen molar-refractivity contribution in [3.05, 3.63) is 89.5 Å². The maximum atomic E-state index is 14.3. The first kappa shape index (κ1) is 30.2. The predicted molar refractivity (Wildman–Crippen MR) is 157 cm³/mol. The molecule has 3 aromatic rings. The predicted octanol–water partition coefficient (Wildman–Crippen LogP) is 4.48. The molecule has 1 heterocycles. The molecule has 1 aliphatic rings. The largest absolute Gasteiger partial charge is 0.478 e. The van der Waals surface area contributed by atoms with E-state index in [1.54, 1.807) is 36.4 Å². The summed E-state index contributed by atoms with van der Waals surface area (Å²) in [6.45, 7) is 6.33. The van der Waals surface area contributed by atoms with Gasteiger partial charge in [-0.25, -0.2) is 9.59 Å². The van der Waals surface area contributed by atoms with Gasteiger partial charge in [-0.3, -0.25) is 9.59 Å². The molecule has 11 heteroatoms. The van der Waals surface area contributed by atoms with Gasteiger partial charge in [-0.2, -0.15) is 0 Å². The van der Waals surface area contributed by atoms with Gasteiger partial charge < -0.3 is 35.4 Å². The van der Waals surface area contributed by atoms with Crippen LogP contribution in [-0.2, 0) is 24.6 Å². The third-order valence-electron chi connectivity index (χ3n) is 6.78. The summed E-state index contributed by atoms with van der Waals surface area (Å²) in [5.74, 6) is -2.19. The highest BCUT2D eigenvalue weighted by atomic mass is 16.7. The fourth-order valence-electron chi connectivity index (χ4n) is 4.85. The van der Waals surface area contributed by atoms with Gasteiger partial charge in [0, 0.05) is 30.2 Å². The number of fused-ring (bicyclic) bond motifs is 1. The number of para-hydroxylation sites is 1. The number of hydrogen-bond donors (Lipinski definition) is 4. The van der Waals surface area contributed by atoms with Gasteiger partial charge in [0.15, 0.2) is 11.8 Å². The smallest absolute Gasteiger partial charge is 0.335 e. The van der Waals surface area contributed by atoms with Crippen LogP contribution in [0.25, 0.3) is 0 Å². The molecule has 0 radical (unpaired) electrons. The minimum absolute atomic E-state index is 0.0405. The second-order valence-electron chi connectivity index (χ2n) is 9.73. The molecule has 42 heavy (non-hydrogen) atoms. The monoisotopic (exact) mass is 574 g/mol. The van der Waals surface area contributed by atoms with Crippen LogP contribution in [-0.4, -0.2) is 55.0 Å². The molecule has 1 aliphatic heterocycles. The topological polar surface area (TPSA) is 146 Å². The van der Waals surface area contributed by atoms with Crippen LogP contribution >= 0.6 is 0 Å². The van der Waals surface area contributed by atoms with Gasteiger partial charge in [0.2, 0.25) is 5.91 Å². The number of anilines is 3. The van der Waals surface area contributed by atoms with Crippen molar-refractivity contribution in [2.24, 2.45) is 0 Å². The summed E-state index contributed by atoms with van der Waals surface area (Å²) in [4.78, 5) is 53.8. The van der Waals surface area contributed by atoms with Gasteiger partial charge >= 0.3 is 12.0 Å². The summed E-state index contributed by atoms with van der Waals surface area (Å²) < 4.78 is 11.4. The molecule has 0 aromatic heterocycles. The van der Waals surface area contributed by atoms with E-state index in [0.29, 0.717) is 35.8 Å². The SMILES string of the molecule is CCOC(CN1C(=O)[C@@](CC(=O)Nc2ccc(C(=O)O)cc2)(NC(=O)Nc2ccc(C)cc2)c2ccccc21)OCC. The van der Waals surface area contributed by atoms with Crippen LogP contribution in [0.15, 0.2) is 72.8 Å². The van der Waals surface area contributed by atoms with E-state index in [4.69, 9.17) is 14.6 Å². The number of nitrogens with one attached hydrogen (secondary N) is 3. The third kappa shape index (κ3) is 6.76. The molecule has 11 nitrogen and oxygen atoms in total. The highest BCUT2D eigenvalue weighted by Crippen LogP contribution is 2.43. The highest BCUT2D eigenvalue weighted by molar-refractivity contribution is 6.13. The number of rotatable bonds is 12. The average Bonchev–Trinajstić information content (AvgIpc) is 3.17. The lowest BCUT2D eigenvalue weighted by atomic mass is 9.87. The first-order chi connectivity index (χ1) is 20.2. The zero-order chi connectivity index (χ0) is 30.3. The van der Waals surface area contributed by atoms with Crippen LogP contribution in [0, 0.1) is 6.92 Å². The van der Waals surface area contributed by atoms with E-state index >= 15 is 0 Å². The molecular formula is C31H34N4O7. The Morgan fingerprint density at radius 3 is 2.10 bits per heavy atom. The number of nitrogens with zero attached hydrogens (tertiary/aromatic N) is 1. The maximum Gasteiger partial charge on any atom is 0.335 e. The zero-order valence-corrected chi connectivity index (χ0v) is 23.7. The van der Waals surface area contributed by atoms with Crippen molar-refractivity contribution >= 4 is 40.9 Å². The highest BCUT2D eigenvalue weighted by Gasteiger charge is 2.53. The Morgan fingerprint density at radius 1 is 0.881 bits per heavy atom. The standard InChI is InChI=1S/C31H34N4O7/c1-4-41-27(42-5-2)19-35-25-9-7-6-8-24(25)31(29(35)39,34-30(40)33-23-14-10-20(3)11-15-23)18-26(36)32-22-16-12-21(13-17-22)28(37)38/h6-17,27H,4-5,18-19H2,1-3H3,(H,32,36)(H,37,38)(H2,33,34,40)/t31-/m0/s1. The van der Waals surface area contributed by atoms with Crippen molar-refractivity contribution in [3.8, 4) is 0 Å². The molecule has 220 valence electrons. The van der Waals surface area contributed by atoms with Crippen LogP contribution in [0.1, 0.15) is 41.8 Å². The molecule has 0 saturated carbocycles. The second-order valence-corrected chi connectivity index (χ2v) is 9.73. The molecule has 0 fully saturated rings. The van der Waals surface area contributed by atoms with Gasteiger partial charge in [0.05, 0.1) is 24.2 Å². The Kier molecular flexibility index (Phi) is 9.56. The van der Waals surface area contributed by atoms with E-state index in [0.717, 1.165) is 5.56 Å². The van der Waals surface area contributed by atoms with Crippen LogP contribution in [0.5, 0.6) is 0 Å². The van der Waals surface area contributed by atoms with Gasteiger partial charge in [0.25, 0.3) is 5.91 Å². The number of aryl methyl sites for hydroxylation is 1. The zero-order valence-electron chi connectivity index (χ0n) is 23.7. The Hall–Kier alpha value is -4.74. The van der Waals surface area contributed by atoms with Crippen molar-refractivity contribution in [1.82, 2.24) is 5.32 Å². The minimum Gasteiger partial charge on any atom is -0.478 e. The van der Waals surface area contributed by atoms with Gasteiger partial charge in [-0.05, 0) is 63.2 Å². The molecule has 0 aliphatic carbocycles. The molecule has 0 bridgehead atoms. The average molecular weight is 575 g/mol. The molecule has 4 N–H and O–H groups in total. The lowest BCUT2D eigenvalue weighted by Gasteiger charge is -2.30. The van der Waals surface area contributed by atoms with Gasteiger partial charge in [-0.15, -0.1) is 0 Å². The molecule has 4 amide bonds. The quantitative estimate of drug-likeness (QED) is 0.233. The van der Waals surface area contributed by atoms with E-state index in [1.807, 2.05) is 32.9 Å². The number of carbonyl (C=O) groups is 4. The minimum atomic E-state index is -1.76. The summed E-state index contributed by atoms with van der Waals surface area (Å²) >= 11 is 0. The summed E-state index contributed by atoms with van der Waals surface area (Å²) in [6, 6.07) is 19.1. The van der Waals surface area contributed by atoms with E-state index in [1.165, 1.54) is 29.2 Å². The molecule has 3 aromatic carbocycles. The summed E-state index contributed by atoms with van der Waals surface area (Å²) in [6.07, 6.45) is -1.16. The van der Waals surface area contributed by atoms with Gasteiger partial charge in [-0.1, -0.05) is 35.9 Å². The molecule has 1 atom stereocenters. The van der Waals surface area contributed by atoms with Crippen molar-refractivity contribution in [1.29, 1.82) is 0 Å². The third-order valence-corrected chi connectivity index (χ3v) is 6.78. The maximum absolute atomic E-state index is 14.3. The summed E-state index contributed by atoms with van der Waals surface area (Å²) in [5, 5.41) is 17.4. The van der Waals surface area contributed by atoms with E-state index in [-0.39, 0.29) is 12.1 Å². The van der Waals surface area contributed by atoms with E-state index in [2.05, 4.69) is 16.0 Å². The lowest BCUT2D eigenvalue weighted by Crippen LogP contribution is -2.56. The first-order valence-electron chi connectivity index (χ1n) is 13.6. The fourth-order valence-corrected chi connectivity index (χ4v) is 4.85. The van der Waals surface area contributed by atoms with E-state index < -0.39 is 42.1 Å². The first-order valence-corrected chi connectivity index (χ1v) is 13.6. The van der Waals surface area contributed by atoms with Crippen LogP contribution in [0.4, 0.5) is 21.9 Å². The number of carbonyl (C=O) groups excluding carboxylic acids is 3. The fraction of sp³-hybridized carbons (Fsp3) is 0.290. The normalized spacial score (nSPS) is 15.8. The number of carboxylic acids is 1. The second kappa shape index (κ2) is 13.3. The molecule has 4 rings (SSSR count). The Balaban J connectivity index is 1.68. The number of ether oxygens (including phenoxy) is 2. The van der Waals surface area contributed by atoms with Crippen molar-refractivity contribution in [2.75, 3.05) is 35.3 Å². The molecule has 0 saturated heterocycles. The van der Waals surface area contributed by atoms with Crippen LogP contribution < -0.4 is 20.9 Å². The molecular weight excluding hydrogens is 540 g/mol. The number of amides is 4. The molecule has 0 unspecified atom stereocenters. The number of aromatic carboxylic acids is 1. The van der Waals surface area contributed by atoms with E-state index in [9.17, 15) is 19.2 Å². The van der Waals surface area contributed by atoms with Crippen LogP contribution in [0.3, 0.4) is 0 Å². The van der Waals surface area contributed by atoms with Crippen molar-refractivity contribution in [2.45, 2.75) is 39.0 Å². The molecule has 0 spiro atoms. The number of urea groups is 1. The number of carboxylic acid groups (broad SMARTS) is 1. The Morgan fingerprint density at radius 2 is 1.48 bits per heavy atom. The number of benzene rings is 3.